The second-order valence-corrected chi connectivity index (χ2v) is 5.28. The number of aromatic nitrogens is 1. The third-order valence-electron chi connectivity index (χ3n) is 3.43. The second kappa shape index (κ2) is 5.13. The molecule has 0 saturated carbocycles. The molecule has 5 heteroatoms. The van der Waals surface area contributed by atoms with Crippen LogP contribution in [0.5, 0.6) is 0 Å². The quantitative estimate of drug-likeness (QED) is 0.912. The molecule has 0 bridgehead atoms. The molecule has 0 spiro atoms. The zero-order valence-corrected chi connectivity index (χ0v) is 11.8. The van der Waals surface area contributed by atoms with Crippen molar-refractivity contribution < 1.29 is 4.79 Å². The third kappa shape index (κ3) is 2.47. The van der Waals surface area contributed by atoms with Crippen LogP contribution in [0.2, 0.25) is 5.02 Å². The van der Waals surface area contributed by atoms with E-state index in [9.17, 15) is 4.79 Å². The van der Waals surface area contributed by atoms with Gasteiger partial charge in [-0.15, -0.1) is 0 Å². The molecule has 1 aromatic heterocycles. The second-order valence-electron chi connectivity index (χ2n) is 4.87. The van der Waals surface area contributed by atoms with Gasteiger partial charge < -0.3 is 10.6 Å². The zero-order valence-electron chi connectivity index (χ0n) is 11.0. The van der Waals surface area contributed by atoms with Gasteiger partial charge in [-0.3, -0.25) is 9.78 Å². The first-order valence-corrected chi connectivity index (χ1v) is 6.77. The molecule has 0 aliphatic carbocycles. The summed E-state index contributed by atoms with van der Waals surface area (Å²) >= 11 is 6.23. The topological polar surface area (TPSA) is 54.0 Å². The Hall–Kier alpha value is -2.07. The Labute approximate surface area is 122 Å². The van der Waals surface area contributed by atoms with E-state index in [4.69, 9.17) is 11.6 Å². The maximum atomic E-state index is 11.4. The molecule has 0 unspecified atom stereocenters. The van der Waals surface area contributed by atoms with E-state index in [0.717, 1.165) is 22.5 Å². The summed E-state index contributed by atoms with van der Waals surface area (Å²) in [5, 5.41) is 6.69. The first kappa shape index (κ1) is 12.9. The summed E-state index contributed by atoms with van der Waals surface area (Å²) in [7, 11) is 0. The fraction of sp³-hybridized carbons (Fsp3) is 0.200. The maximum Gasteiger partial charge on any atom is 0.228 e. The predicted molar refractivity (Wildman–Crippen MR) is 80.1 cm³/mol. The first-order valence-electron chi connectivity index (χ1n) is 6.39. The Morgan fingerprint density at radius 3 is 3.10 bits per heavy atom. The Morgan fingerprint density at radius 1 is 1.45 bits per heavy atom. The third-order valence-corrected chi connectivity index (χ3v) is 3.75. The Bertz CT molecular complexity index is 685. The van der Waals surface area contributed by atoms with Gasteiger partial charge in [0.1, 0.15) is 0 Å². The molecule has 2 aromatic rings. The average Bonchev–Trinajstić information content (AvgIpc) is 2.76. The minimum atomic E-state index is 0.0105. The number of aryl methyl sites for hydroxylation is 1. The van der Waals surface area contributed by atoms with Crippen LogP contribution in [0, 0.1) is 6.92 Å². The number of benzene rings is 1. The van der Waals surface area contributed by atoms with Crippen molar-refractivity contribution in [1.29, 1.82) is 0 Å². The zero-order chi connectivity index (χ0) is 14.1. The van der Waals surface area contributed by atoms with Crippen LogP contribution in [-0.4, -0.2) is 10.9 Å². The minimum Gasteiger partial charge on any atom is -0.380 e. The summed E-state index contributed by atoms with van der Waals surface area (Å²) in [5.74, 6) is 0.0105. The molecular weight excluding hydrogens is 274 g/mol. The summed E-state index contributed by atoms with van der Waals surface area (Å²) in [5.41, 5.74) is 4.93. The Balaban J connectivity index is 1.80. The molecule has 2 heterocycles. The number of hydrogen-bond donors (Lipinski definition) is 2. The van der Waals surface area contributed by atoms with Crippen LogP contribution in [0.15, 0.2) is 30.6 Å². The van der Waals surface area contributed by atoms with Gasteiger partial charge in [-0.25, -0.2) is 0 Å². The van der Waals surface area contributed by atoms with Crippen LogP contribution < -0.4 is 10.6 Å². The van der Waals surface area contributed by atoms with Gasteiger partial charge in [0.15, 0.2) is 0 Å². The van der Waals surface area contributed by atoms with Gasteiger partial charge >= 0.3 is 0 Å². The number of fused-ring (bicyclic) bond motifs is 1. The van der Waals surface area contributed by atoms with E-state index in [-0.39, 0.29) is 5.91 Å². The summed E-state index contributed by atoms with van der Waals surface area (Å²) in [6, 6.07) is 5.70. The van der Waals surface area contributed by atoms with Crippen molar-refractivity contribution in [3.8, 4) is 0 Å². The maximum absolute atomic E-state index is 11.4. The van der Waals surface area contributed by atoms with E-state index in [1.165, 1.54) is 5.56 Å². The lowest BCUT2D eigenvalue weighted by Gasteiger charge is -2.11. The van der Waals surface area contributed by atoms with Crippen molar-refractivity contribution in [2.75, 3.05) is 10.6 Å². The number of anilines is 2. The molecule has 2 N–H and O–H groups in total. The van der Waals surface area contributed by atoms with Crippen LogP contribution in [0.4, 0.5) is 11.4 Å². The van der Waals surface area contributed by atoms with Gasteiger partial charge in [-0.05, 0) is 41.8 Å². The molecule has 4 nitrogen and oxygen atoms in total. The van der Waals surface area contributed by atoms with Crippen molar-refractivity contribution in [2.45, 2.75) is 19.9 Å². The molecule has 20 heavy (non-hydrogen) atoms. The van der Waals surface area contributed by atoms with Crippen molar-refractivity contribution in [3.63, 3.8) is 0 Å². The summed E-state index contributed by atoms with van der Waals surface area (Å²) < 4.78 is 0. The van der Waals surface area contributed by atoms with E-state index < -0.39 is 0 Å². The van der Waals surface area contributed by atoms with Crippen LogP contribution in [0.1, 0.15) is 16.7 Å². The van der Waals surface area contributed by atoms with Crippen LogP contribution >= 0.6 is 11.6 Å². The molecule has 0 radical (unpaired) electrons. The average molecular weight is 288 g/mol. The van der Waals surface area contributed by atoms with Crippen LogP contribution in [-0.2, 0) is 17.8 Å². The normalized spacial score (nSPS) is 13.0. The SMILES string of the molecule is Cc1ccncc1CNc1cc2c(cc1Cl)NC(=O)C2. The summed E-state index contributed by atoms with van der Waals surface area (Å²) in [4.78, 5) is 15.5. The van der Waals surface area contributed by atoms with Crippen molar-refractivity contribution in [2.24, 2.45) is 0 Å². The lowest BCUT2D eigenvalue weighted by molar-refractivity contribution is -0.115. The van der Waals surface area contributed by atoms with Crippen molar-refractivity contribution in [3.05, 3.63) is 52.3 Å². The van der Waals surface area contributed by atoms with Gasteiger partial charge in [0.05, 0.1) is 17.1 Å². The lowest BCUT2D eigenvalue weighted by atomic mass is 10.1. The predicted octanol–water partition coefficient (Wildman–Crippen LogP) is 3.15. The molecule has 0 atom stereocenters. The number of nitrogens with one attached hydrogen (secondary N) is 2. The molecule has 0 saturated heterocycles. The van der Waals surface area contributed by atoms with Gasteiger partial charge in [0.2, 0.25) is 5.91 Å². The van der Waals surface area contributed by atoms with E-state index in [1.807, 2.05) is 25.3 Å². The Morgan fingerprint density at radius 2 is 2.30 bits per heavy atom. The number of halogens is 1. The Kier molecular flexibility index (Phi) is 3.32. The summed E-state index contributed by atoms with van der Waals surface area (Å²) in [6.45, 7) is 2.70. The summed E-state index contributed by atoms with van der Waals surface area (Å²) in [6.07, 6.45) is 4.03. The number of amides is 1. The first-order chi connectivity index (χ1) is 9.63. The van der Waals surface area contributed by atoms with E-state index >= 15 is 0 Å². The fourth-order valence-corrected chi connectivity index (χ4v) is 2.49. The van der Waals surface area contributed by atoms with Gasteiger partial charge in [0, 0.05) is 24.6 Å². The minimum absolute atomic E-state index is 0.0105. The van der Waals surface area contributed by atoms with E-state index in [0.29, 0.717) is 18.0 Å². The fourth-order valence-electron chi connectivity index (χ4n) is 2.26. The van der Waals surface area contributed by atoms with Crippen molar-refractivity contribution >= 4 is 28.9 Å². The highest BCUT2D eigenvalue weighted by molar-refractivity contribution is 6.33. The van der Waals surface area contributed by atoms with Crippen molar-refractivity contribution in [1.82, 2.24) is 4.98 Å². The van der Waals surface area contributed by atoms with Gasteiger partial charge in [0.25, 0.3) is 0 Å². The molecule has 1 aromatic carbocycles. The van der Waals surface area contributed by atoms with E-state index in [2.05, 4.69) is 15.6 Å². The number of pyridine rings is 1. The highest BCUT2D eigenvalue weighted by atomic mass is 35.5. The molecule has 1 aliphatic rings. The number of rotatable bonds is 3. The number of nitrogens with zero attached hydrogens (tertiary/aromatic N) is 1. The molecule has 0 fully saturated rings. The highest BCUT2D eigenvalue weighted by Gasteiger charge is 2.19. The smallest absolute Gasteiger partial charge is 0.228 e. The van der Waals surface area contributed by atoms with Gasteiger partial charge in [-0.1, -0.05) is 11.6 Å². The molecular formula is C15H14ClN3O. The highest BCUT2D eigenvalue weighted by Crippen LogP contribution is 2.33. The van der Waals surface area contributed by atoms with E-state index in [1.54, 1.807) is 12.3 Å². The van der Waals surface area contributed by atoms with Crippen LogP contribution in [0.3, 0.4) is 0 Å². The van der Waals surface area contributed by atoms with Gasteiger partial charge in [-0.2, -0.15) is 0 Å². The molecule has 102 valence electrons. The standard InChI is InChI=1S/C15H14ClN3O/c1-9-2-3-17-7-11(9)8-18-14-4-10-5-15(20)19-13(10)6-12(14)16/h2-4,6-7,18H,5,8H2,1H3,(H,19,20). The lowest BCUT2D eigenvalue weighted by Crippen LogP contribution is -2.03. The largest absolute Gasteiger partial charge is 0.380 e. The monoisotopic (exact) mass is 287 g/mol. The number of carbonyl (C=O) groups is 1. The van der Waals surface area contributed by atoms with Crippen LogP contribution in [0.25, 0.3) is 0 Å². The molecule has 1 amide bonds. The molecule has 3 rings (SSSR count). The number of carbonyl (C=O) groups excluding carboxylic acids is 1. The number of hydrogen-bond acceptors (Lipinski definition) is 3. The molecule has 1 aliphatic heterocycles.